The van der Waals surface area contributed by atoms with Gasteiger partial charge in [-0.2, -0.15) is 0 Å². The summed E-state index contributed by atoms with van der Waals surface area (Å²) in [6.45, 7) is 7.78. The summed E-state index contributed by atoms with van der Waals surface area (Å²) in [5, 5.41) is 5.45. The molecular weight excluding hydrogens is 288 g/mol. The van der Waals surface area contributed by atoms with Crippen molar-refractivity contribution >= 4 is 17.5 Å². The summed E-state index contributed by atoms with van der Waals surface area (Å²) in [6, 6.07) is 11.5. The average molecular weight is 310 g/mol. The van der Waals surface area contributed by atoms with Crippen molar-refractivity contribution in [3.8, 4) is 0 Å². The predicted molar refractivity (Wildman–Crippen MR) is 92.8 cm³/mol. The number of rotatable bonds is 4. The third-order valence-electron chi connectivity index (χ3n) is 3.40. The summed E-state index contributed by atoms with van der Waals surface area (Å²) in [5.41, 5.74) is 5.53. The summed E-state index contributed by atoms with van der Waals surface area (Å²) in [5.74, 6) is -0.486. The number of nitrogens with one attached hydrogen (secondary N) is 2. The first-order valence-corrected chi connectivity index (χ1v) is 7.58. The second-order valence-electron chi connectivity index (χ2n) is 5.98. The third kappa shape index (κ3) is 4.95. The van der Waals surface area contributed by atoms with E-state index in [-0.39, 0.29) is 18.4 Å². The molecule has 0 aromatic heterocycles. The molecule has 0 bridgehead atoms. The molecule has 0 unspecified atom stereocenters. The second-order valence-corrected chi connectivity index (χ2v) is 5.98. The molecule has 0 atom stereocenters. The van der Waals surface area contributed by atoms with Gasteiger partial charge in [-0.3, -0.25) is 9.59 Å². The second kappa shape index (κ2) is 7.09. The van der Waals surface area contributed by atoms with E-state index in [1.165, 1.54) is 0 Å². The SMILES string of the molecule is Cc1cc(C)cc(NC(=O)CNC(=O)c2cc(C)cc(C)c2)c1. The fourth-order valence-electron chi connectivity index (χ4n) is 2.62. The lowest BCUT2D eigenvalue weighted by atomic mass is 10.1. The van der Waals surface area contributed by atoms with Gasteiger partial charge in [0.05, 0.1) is 6.54 Å². The van der Waals surface area contributed by atoms with Gasteiger partial charge in [-0.1, -0.05) is 23.3 Å². The first kappa shape index (κ1) is 16.7. The number of carbonyl (C=O) groups excluding carboxylic acids is 2. The standard InChI is InChI=1S/C19H22N2O2/c1-12-5-13(2)8-16(7-12)19(23)20-11-18(22)21-17-9-14(3)6-15(4)10-17/h5-10H,11H2,1-4H3,(H,20,23)(H,21,22). The largest absolute Gasteiger partial charge is 0.343 e. The Morgan fingerprint density at radius 1 is 0.783 bits per heavy atom. The van der Waals surface area contributed by atoms with Gasteiger partial charge in [0.25, 0.3) is 5.91 Å². The molecule has 2 aromatic carbocycles. The zero-order chi connectivity index (χ0) is 17.0. The van der Waals surface area contributed by atoms with Crippen molar-refractivity contribution in [3.63, 3.8) is 0 Å². The summed E-state index contributed by atoms with van der Waals surface area (Å²) >= 11 is 0. The highest BCUT2D eigenvalue weighted by Gasteiger charge is 2.09. The van der Waals surface area contributed by atoms with Crippen LogP contribution < -0.4 is 10.6 Å². The lowest BCUT2D eigenvalue weighted by Gasteiger charge is -2.09. The third-order valence-corrected chi connectivity index (χ3v) is 3.40. The van der Waals surface area contributed by atoms with E-state index in [9.17, 15) is 9.59 Å². The number of aryl methyl sites for hydroxylation is 4. The molecule has 0 heterocycles. The fraction of sp³-hybridized carbons (Fsp3) is 0.263. The maximum absolute atomic E-state index is 12.1. The Morgan fingerprint density at radius 2 is 1.26 bits per heavy atom. The molecule has 2 N–H and O–H groups in total. The van der Waals surface area contributed by atoms with Crippen LogP contribution in [-0.4, -0.2) is 18.4 Å². The number of amides is 2. The van der Waals surface area contributed by atoms with Crippen LogP contribution in [0.4, 0.5) is 5.69 Å². The quantitative estimate of drug-likeness (QED) is 0.910. The highest BCUT2D eigenvalue weighted by molar-refractivity contribution is 5.99. The fourth-order valence-corrected chi connectivity index (χ4v) is 2.62. The number of benzene rings is 2. The minimum atomic E-state index is -0.243. The smallest absolute Gasteiger partial charge is 0.251 e. The van der Waals surface area contributed by atoms with Gasteiger partial charge in [-0.05, 0) is 63.1 Å². The first-order chi connectivity index (χ1) is 10.8. The van der Waals surface area contributed by atoms with Crippen LogP contribution in [0.3, 0.4) is 0 Å². The highest BCUT2D eigenvalue weighted by atomic mass is 16.2. The molecule has 4 heteroatoms. The van der Waals surface area contributed by atoms with E-state index < -0.39 is 0 Å². The van der Waals surface area contributed by atoms with Gasteiger partial charge < -0.3 is 10.6 Å². The summed E-state index contributed by atoms with van der Waals surface area (Å²) in [7, 11) is 0. The van der Waals surface area contributed by atoms with Gasteiger partial charge in [0, 0.05) is 11.3 Å². The zero-order valence-corrected chi connectivity index (χ0v) is 14.0. The van der Waals surface area contributed by atoms with Gasteiger partial charge in [-0.15, -0.1) is 0 Å². The van der Waals surface area contributed by atoms with Crippen LogP contribution in [-0.2, 0) is 4.79 Å². The van der Waals surface area contributed by atoms with E-state index >= 15 is 0 Å². The lowest BCUT2D eigenvalue weighted by molar-refractivity contribution is -0.115. The maximum atomic E-state index is 12.1. The van der Waals surface area contributed by atoms with Crippen LogP contribution in [0.25, 0.3) is 0 Å². The Bertz CT molecular complexity index is 711. The number of anilines is 1. The molecule has 4 nitrogen and oxygen atoms in total. The van der Waals surface area contributed by atoms with E-state index in [2.05, 4.69) is 10.6 Å². The molecule has 0 saturated heterocycles. The van der Waals surface area contributed by atoms with Gasteiger partial charge in [-0.25, -0.2) is 0 Å². The van der Waals surface area contributed by atoms with E-state index in [0.29, 0.717) is 5.56 Å². The van der Waals surface area contributed by atoms with Crippen LogP contribution in [0.5, 0.6) is 0 Å². The summed E-state index contributed by atoms with van der Waals surface area (Å²) in [4.78, 5) is 24.1. The van der Waals surface area contributed by atoms with Gasteiger partial charge >= 0.3 is 0 Å². The van der Waals surface area contributed by atoms with Crippen molar-refractivity contribution in [2.75, 3.05) is 11.9 Å². The molecule has 0 saturated carbocycles. The molecule has 0 spiro atoms. The van der Waals surface area contributed by atoms with Crippen LogP contribution in [0.1, 0.15) is 32.6 Å². The molecular formula is C19H22N2O2. The zero-order valence-electron chi connectivity index (χ0n) is 14.0. The van der Waals surface area contributed by atoms with Crippen LogP contribution in [0.15, 0.2) is 36.4 Å². The minimum absolute atomic E-state index is 0.0567. The predicted octanol–water partition coefficient (Wildman–Crippen LogP) is 3.29. The Morgan fingerprint density at radius 3 is 1.78 bits per heavy atom. The van der Waals surface area contributed by atoms with E-state index in [4.69, 9.17) is 0 Å². The van der Waals surface area contributed by atoms with Crippen molar-refractivity contribution in [2.24, 2.45) is 0 Å². The maximum Gasteiger partial charge on any atom is 0.251 e. The Kier molecular flexibility index (Phi) is 5.16. The molecule has 0 aliphatic rings. The van der Waals surface area contributed by atoms with Crippen molar-refractivity contribution in [1.29, 1.82) is 0 Å². The molecule has 2 aromatic rings. The summed E-state index contributed by atoms with van der Waals surface area (Å²) < 4.78 is 0. The topological polar surface area (TPSA) is 58.2 Å². The first-order valence-electron chi connectivity index (χ1n) is 7.58. The van der Waals surface area contributed by atoms with E-state index in [1.54, 1.807) is 0 Å². The monoisotopic (exact) mass is 310 g/mol. The van der Waals surface area contributed by atoms with Crippen LogP contribution in [0.2, 0.25) is 0 Å². The Hall–Kier alpha value is -2.62. The molecule has 23 heavy (non-hydrogen) atoms. The van der Waals surface area contributed by atoms with E-state index in [0.717, 1.165) is 27.9 Å². The van der Waals surface area contributed by atoms with E-state index in [1.807, 2.05) is 64.1 Å². The van der Waals surface area contributed by atoms with Crippen molar-refractivity contribution in [2.45, 2.75) is 27.7 Å². The lowest BCUT2D eigenvalue weighted by Crippen LogP contribution is -2.32. The van der Waals surface area contributed by atoms with Crippen LogP contribution >= 0.6 is 0 Å². The number of hydrogen-bond acceptors (Lipinski definition) is 2. The molecule has 2 amide bonds. The minimum Gasteiger partial charge on any atom is -0.343 e. The Labute approximate surface area is 136 Å². The molecule has 0 fully saturated rings. The molecule has 0 radical (unpaired) electrons. The molecule has 0 aliphatic heterocycles. The highest BCUT2D eigenvalue weighted by Crippen LogP contribution is 2.13. The normalized spacial score (nSPS) is 10.3. The van der Waals surface area contributed by atoms with Gasteiger partial charge in [0.1, 0.15) is 0 Å². The van der Waals surface area contributed by atoms with Crippen molar-refractivity contribution < 1.29 is 9.59 Å². The number of hydrogen-bond donors (Lipinski definition) is 2. The summed E-state index contributed by atoms with van der Waals surface area (Å²) in [6.07, 6.45) is 0. The van der Waals surface area contributed by atoms with Gasteiger partial charge in [0.15, 0.2) is 0 Å². The van der Waals surface area contributed by atoms with Crippen LogP contribution in [0, 0.1) is 27.7 Å². The molecule has 120 valence electrons. The van der Waals surface area contributed by atoms with Crippen molar-refractivity contribution in [3.05, 3.63) is 64.2 Å². The van der Waals surface area contributed by atoms with Crippen molar-refractivity contribution in [1.82, 2.24) is 5.32 Å². The molecule has 0 aliphatic carbocycles. The van der Waals surface area contributed by atoms with Gasteiger partial charge in [0.2, 0.25) is 5.91 Å². The molecule has 2 rings (SSSR count). The average Bonchev–Trinajstić information content (AvgIpc) is 2.42. The Balaban J connectivity index is 1.94. The number of carbonyl (C=O) groups is 2.